The second-order valence-electron chi connectivity index (χ2n) is 7.10. The molecule has 0 aliphatic carbocycles. The third-order valence-electron chi connectivity index (χ3n) is 5.38. The Kier molecular flexibility index (Phi) is 4.79. The third-order valence-corrected chi connectivity index (χ3v) is 5.38. The highest BCUT2D eigenvalue weighted by molar-refractivity contribution is 5.85. The van der Waals surface area contributed by atoms with Crippen molar-refractivity contribution >= 4 is 10.9 Å². The normalized spacial score (nSPS) is 18.3. The lowest BCUT2D eigenvalue weighted by Crippen LogP contribution is -2.22. The molecule has 2 heterocycles. The molecule has 2 aromatic rings. The Morgan fingerprint density at radius 3 is 2.78 bits per heavy atom. The number of hydrogen-bond donors (Lipinski definition) is 1. The van der Waals surface area contributed by atoms with E-state index in [9.17, 15) is 0 Å². The van der Waals surface area contributed by atoms with Crippen LogP contribution in [0.5, 0.6) is 0 Å². The number of aromatic amines is 1. The monoisotopic (exact) mass is 310 g/mol. The van der Waals surface area contributed by atoms with Gasteiger partial charge in [0.25, 0.3) is 0 Å². The highest BCUT2D eigenvalue weighted by atomic mass is 15.2. The van der Waals surface area contributed by atoms with E-state index in [0.29, 0.717) is 0 Å². The quantitative estimate of drug-likeness (QED) is 0.775. The highest BCUT2D eigenvalue weighted by Crippen LogP contribution is 2.29. The maximum atomic E-state index is 4.28. The molecule has 1 saturated heterocycles. The van der Waals surface area contributed by atoms with Crippen LogP contribution in [-0.2, 0) is 12.8 Å². The second-order valence-corrected chi connectivity index (χ2v) is 7.10. The van der Waals surface area contributed by atoms with Crippen LogP contribution in [0.1, 0.15) is 49.9 Å². The van der Waals surface area contributed by atoms with Crippen LogP contribution >= 0.6 is 0 Å². The van der Waals surface area contributed by atoms with E-state index in [0.717, 1.165) is 18.9 Å². The molecule has 1 aromatic heterocycles. The van der Waals surface area contributed by atoms with E-state index in [-0.39, 0.29) is 0 Å². The second kappa shape index (κ2) is 6.82. The van der Waals surface area contributed by atoms with Gasteiger partial charge in [-0.25, -0.2) is 0 Å². The summed E-state index contributed by atoms with van der Waals surface area (Å²) >= 11 is 0. The van der Waals surface area contributed by atoms with Gasteiger partial charge in [0.2, 0.25) is 0 Å². The first-order valence-electron chi connectivity index (χ1n) is 9.15. The van der Waals surface area contributed by atoms with Crippen LogP contribution in [0.2, 0.25) is 0 Å². The summed E-state index contributed by atoms with van der Waals surface area (Å²) in [5.74, 6) is 0.808. The van der Waals surface area contributed by atoms with Crippen LogP contribution in [0.4, 0.5) is 0 Å². The predicted octanol–water partition coefficient (Wildman–Crippen LogP) is 5.22. The van der Waals surface area contributed by atoms with Crippen molar-refractivity contribution in [3.8, 4) is 0 Å². The van der Waals surface area contributed by atoms with Gasteiger partial charge in [-0.1, -0.05) is 39.3 Å². The number of aryl methyl sites for hydroxylation is 2. The van der Waals surface area contributed by atoms with Gasteiger partial charge in [0.1, 0.15) is 0 Å². The molecular weight excluding hydrogens is 280 g/mol. The van der Waals surface area contributed by atoms with Gasteiger partial charge in [0.15, 0.2) is 0 Å². The van der Waals surface area contributed by atoms with Gasteiger partial charge < -0.3 is 9.88 Å². The SMILES string of the molecule is C=C1CC(CC)CN1CCc1c(C)[nH]c2ccc(CCC)cc12. The van der Waals surface area contributed by atoms with Gasteiger partial charge in [-0.05, 0) is 55.4 Å². The van der Waals surface area contributed by atoms with E-state index in [1.165, 1.54) is 65.6 Å². The van der Waals surface area contributed by atoms with Crippen LogP contribution < -0.4 is 0 Å². The Hall–Kier alpha value is -1.70. The molecule has 1 aromatic carbocycles. The summed E-state index contributed by atoms with van der Waals surface area (Å²) in [6, 6.07) is 6.91. The number of H-pyrrole nitrogens is 1. The van der Waals surface area contributed by atoms with Crippen molar-refractivity contribution in [1.82, 2.24) is 9.88 Å². The molecular formula is C21H30N2. The first-order chi connectivity index (χ1) is 11.1. The topological polar surface area (TPSA) is 19.0 Å². The number of nitrogens with one attached hydrogen (secondary N) is 1. The molecule has 1 aliphatic rings. The van der Waals surface area contributed by atoms with Crippen LogP contribution in [0.15, 0.2) is 30.5 Å². The summed E-state index contributed by atoms with van der Waals surface area (Å²) in [6.07, 6.45) is 5.93. The zero-order valence-electron chi connectivity index (χ0n) is 14.9. The number of aromatic nitrogens is 1. The lowest BCUT2D eigenvalue weighted by atomic mass is 10.0. The molecule has 0 bridgehead atoms. The number of rotatable bonds is 6. The molecule has 1 unspecified atom stereocenters. The molecule has 124 valence electrons. The standard InChI is InChI=1S/C21H30N2/c1-5-7-18-8-9-21-20(13-18)19(16(4)22-21)10-11-23-14-17(6-2)12-15(23)3/h8-9,13,17,22H,3,5-7,10-12,14H2,1-2,4H3. The lowest BCUT2D eigenvalue weighted by Gasteiger charge is -2.19. The molecule has 0 spiro atoms. The summed E-state index contributed by atoms with van der Waals surface area (Å²) < 4.78 is 0. The van der Waals surface area contributed by atoms with Gasteiger partial charge in [-0.3, -0.25) is 0 Å². The largest absolute Gasteiger partial charge is 0.375 e. The Bertz CT molecular complexity index is 695. The molecule has 2 nitrogen and oxygen atoms in total. The fraction of sp³-hybridized carbons (Fsp3) is 0.524. The van der Waals surface area contributed by atoms with E-state index in [1.54, 1.807) is 0 Å². The smallest absolute Gasteiger partial charge is 0.0459 e. The van der Waals surface area contributed by atoms with Crippen molar-refractivity contribution in [2.24, 2.45) is 5.92 Å². The van der Waals surface area contributed by atoms with Crippen molar-refractivity contribution in [3.05, 3.63) is 47.3 Å². The number of allylic oxidation sites excluding steroid dienone is 1. The van der Waals surface area contributed by atoms with E-state index >= 15 is 0 Å². The van der Waals surface area contributed by atoms with E-state index in [1.807, 2.05) is 0 Å². The Labute approximate surface area is 140 Å². The first kappa shape index (κ1) is 16.2. The van der Waals surface area contributed by atoms with Crippen LogP contribution in [0.3, 0.4) is 0 Å². The summed E-state index contributed by atoms with van der Waals surface area (Å²) in [5.41, 5.74) is 6.89. The number of hydrogen-bond acceptors (Lipinski definition) is 1. The average Bonchev–Trinajstić information content (AvgIpc) is 3.05. The summed E-state index contributed by atoms with van der Waals surface area (Å²) in [4.78, 5) is 6.06. The molecule has 0 saturated carbocycles. The van der Waals surface area contributed by atoms with Gasteiger partial charge in [0.05, 0.1) is 0 Å². The molecule has 0 amide bonds. The maximum absolute atomic E-state index is 4.28. The molecule has 3 rings (SSSR count). The lowest BCUT2D eigenvalue weighted by molar-refractivity contribution is 0.365. The Morgan fingerprint density at radius 2 is 2.09 bits per heavy atom. The summed E-state index contributed by atoms with van der Waals surface area (Å²) in [6.45, 7) is 13.3. The number of fused-ring (bicyclic) bond motifs is 1. The molecule has 23 heavy (non-hydrogen) atoms. The zero-order chi connectivity index (χ0) is 16.4. The van der Waals surface area contributed by atoms with E-state index in [4.69, 9.17) is 0 Å². The third kappa shape index (κ3) is 3.31. The number of likely N-dealkylation sites (tertiary alicyclic amines) is 1. The minimum absolute atomic E-state index is 0.808. The van der Waals surface area contributed by atoms with Gasteiger partial charge in [0, 0.05) is 35.4 Å². The van der Waals surface area contributed by atoms with Gasteiger partial charge in [-0.2, -0.15) is 0 Å². The van der Waals surface area contributed by atoms with Crippen LogP contribution in [0.25, 0.3) is 10.9 Å². The van der Waals surface area contributed by atoms with Crippen LogP contribution in [0, 0.1) is 12.8 Å². The van der Waals surface area contributed by atoms with Crippen molar-refractivity contribution in [1.29, 1.82) is 0 Å². The Balaban J connectivity index is 1.78. The van der Waals surface area contributed by atoms with E-state index in [2.05, 4.69) is 55.4 Å². The average molecular weight is 310 g/mol. The van der Waals surface area contributed by atoms with Crippen LogP contribution in [-0.4, -0.2) is 23.0 Å². The molecule has 1 fully saturated rings. The van der Waals surface area contributed by atoms with Gasteiger partial charge >= 0.3 is 0 Å². The van der Waals surface area contributed by atoms with Crippen molar-refractivity contribution < 1.29 is 0 Å². The van der Waals surface area contributed by atoms with Crippen molar-refractivity contribution in [3.63, 3.8) is 0 Å². The minimum Gasteiger partial charge on any atom is -0.375 e. The minimum atomic E-state index is 0.808. The molecule has 0 radical (unpaired) electrons. The molecule has 1 N–H and O–H groups in total. The van der Waals surface area contributed by atoms with Crippen molar-refractivity contribution in [2.75, 3.05) is 13.1 Å². The maximum Gasteiger partial charge on any atom is 0.0459 e. The van der Waals surface area contributed by atoms with Gasteiger partial charge in [-0.15, -0.1) is 0 Å². The number of nitrogens with zero attached hydrogens (tertiary/aromatic N) is 1. The number of benzene rings is 1. The fourth-order valence-electron chi connectivity index (χ4n) is 3.93. The summed E-state index contributed by atoms with van der Waals surface area (Å²) in [5, 5.41) is 1.42. The first-order valence-corrected chi connectivity index (χ1v) is 9.15. The highest BCUT2D eigenvalue weighted by Gasteiger charge is 2.23. The predicted molar refractivity (Wildman–Crippen MR) is 99.8 cm³/mol. The zero-order valence-corrected chi connectivity index (χ0v) is 14.9. The fourth-order valence-corrected chi connectivity index (χ4v) is 3.93. The van der Waals surface area contributed by atoms with Crippen molar-refractivity contribution in [2.45, 2.75) is 52.9 Å². The summed E-state index contributed by atoms with van der Waals surface area (Å²) in [7, 11) is 0. The van der Waals surface area contributed by atoms with E-state index < -0.39 is 0 Å². The molecule has 1 aliphatic heterocycles. The molecule has 1 atom stereocenters. The Morgan fingerprint density at radius 1 is 1.26 bits per heavy atom. The molecule has 2 heteroatoms.